The van der Waals surface area contributed by atoms with Crippen molar-refractivity contribution >= 4 is 39.1 Å². The van der Waals surface area contributed by atoms with E-state index >= 15 is 0 Å². The topological polar surface area (TPSA) is 40.5 Å². The molecule has 4 aromatic carbocycles. The summed E-state index contributed by atoms with van der Waals surface area (Å²) < 4.78 is 0. The van der Waals surface area contributed by atoms with E-state index < -0.39 is 0 Å². The lowest BCUT2D eigenvalue weighted by Gasteiger charge is -2.01. The molecule has 0 saturated carbocycles. The summed E-state index contributed by atoms with van der Waals surface area (Å²) in [5, 5.41) is 4.85. The molecule has 0 saturated heterocycles. The molecule has 30 heavy (non-hydrogen) atoms. The van der Waals surface area contributed by atoms with Crippen LogP contribution in [0.4, 0.5) is 11.4 Å². The molecule has 0 fully saturated rings. The third-order valence-corrected chi connectivity index (χ3v) is 5.11. The molecular formula is C27H21N3. The fourth-order valence-electron chi connectivity index (χ4n) is 3.58. The first-order valence-electron chi connectivity index (χ1n) is 10.1. The number of H-pyrrole nitrogens is 1. The van der Waals surface area contributed by atoms with E-state index in [0.717, 1.165) is 22.6 Å². The van der Waals surface area contributed by atoms with Crippen LogP contribution < -0.4 is 5.49 Å². The first kappa shape index (κ1) is 18.1. The number of aromatic amines is 1. The van der Waals surface area contributed by atoms with Crippen molar-refractivity contribution in [3.8, 4) is 0 Å². The van der Waals surface area contributed by atoms with Crippen molar-refractivity contribution in [2.45, 2.75) is 6.42 Å². The van der Waals surface area contributed by atoms with Gasteiger partial charge in [0, 0.05) is 18.3 Å². The zero-order chi connectivity index (χ0) is 20.2. The fraction of sp³-hybridized carbons (Fsp3) is 0.0370. The predicted molar refractivity (Wildman–Crippen MR) is 126 cm³/mol. The number of aromatic nitrogens is 1. The normalized spacial score (nSPS) is 12.2. The quantitative estimate of drug-likeness (QED) is 0.342. The minimum atomic E-state index is 0.716. The van der Waals surface area contributed by atoms with Gasteiger partial charge in [-0.25, -0.2) is 4.99 Å². The molecule has 0 aliphatic heterocycles. The summed E-state index contributed by atoms with van der Waals surface area (Å²) in [5.41, 5.74) is 3.81. The molecule has 0 spiro atoms. The van der Waals surface area contributed by atoms with Gasteiger partial charge in [0.1, 0.15) is 5.49 Å². The summed E-state index contributed by atoms with van der Waals surface area (Å²) >= 11 is 0. The molecule has 0 amide bonds. The second-order valence-corrected chi connectivity index (χ2v) is 7.25. The highest BCUT2D eigenvalue weighted by Gasteiger charge is 1.96. The Kier molecular flexibility index (Phi) is 4.93. The molecule has 0 aliphatic carbocycles. The summed E-state index contributed by atoms with van der Waals surface area (Å²) in [5.74, 6) is 0. The van der Waals surface area contributed by atoms with Gasteiger partial charge in [-0.1, -0.05) is 66.7 Å². The third kappa shape index (κ3) is 4.06. The van der Waals surface area contributed by atoms with Crippen molar-refractivity contribution in [3.05, 3.63) is 114 Å². The Hall–Kier alpha value is -3.98. The van der Waals surface area contributed by atoms with Crippen LogP contribution in [0.5, 0.6) is 0 Å². The Morgan fingerprint density at radius 2 is 1.23 bits per heavy atom. The van der Waals surface area contributed by atoms with Crippen molar-refractivity contribution in [3.63, 3.8) is 0 Å². The average molecular weight is 387 g/mol. The molecule has 1 aromatic heterocycles. The Balaban J connectivity index is 1.36. The van der Waals surface area contributed by atoms with Crippen LogP contribution >= 0.6 is 0 Å². The Labute approximate surface area is 175 Å². The van der Waals surface area contributed by atoms with Gasteiger partial charge >= 0.3 is 0 Å². The van der Waals surface area contributed by atoms with Crippen molar-refractivity contribution in [2.75, 3.05) is 0 Å². The lowest BCUT2D eigenvalue weighted by molar-refractivity contribution is 1.06. The van der Waals surface area contributed by atoms with E-state index in [1.165, 1.54) is 21.5 Å². The number of nitrogens with zero attached hydrogens (tertiary/aromatic N) is 2. The van der Waals surface area contributed by atoms with Crippen molar-refractivity contribution < 1.29 is 0 Å². The molecule has 0 aliphatic rings. The number of hydrogen-bond donors (Lipinski definition) is 1. The monoisotopic (exact) mass is 387 g/mol. The minimum absolute atomic E-state index is 0.716. The van der Waals surface area contributed by atoms with Gasteiger partial charge in [-0.2, -0.15) is 0 Å². The minimum Gasteiger partial charge on any atom is -0.343 e. The Morgan fingerprint density at radius 1 is 0.600 bits per heavy atom. The second kappa shape index (κ2) is 8.18. The smallest absolute Gasteiger partial charge is 0.130 e. The highest BCUT2D eigenvalue weighted by molar-refractivity contribution is 5.86. The van der Waals surface area contributed by atoms with Crippen LogP contribution in [-0.4, -0.2) is 11.2 Å². The van der Waals surface area contributed by atoms with E-state index in [4.69, 9.17) is 4.99 Å². The molecule has 144 valence electrons. The maximum absolute atomic E-state index is 4.75. The van der Waals surface area contributed by atoms with Crippen LogP contribution in [0.1, 0.15) is 5.69 Å². The van der Waals surface area contributed by atoms with Gasteiger partial charge < -0.3 is 4.98 Å². The van der Waals surface area contributed by atoms with E-state index in [1.807, 2.05) is 36.5 Å². The first-order chi connectivity index (χ1) is 14.8. The van der Waals surface area contributed by atoms with E-state index in [-0.39, 0.29) is 0 Å². The highest BCUT2D eigenvalue weighted by Crippen LogP contribution is 2.21. The second-order valence-electron chi connectivity index (χ2n) is 7.25. The van der Waals surface area contributed by atoms with Gasteiger partial charge in [0.25, 0.3) is 0 Å². The molecule has 0 unspecified atom stereocenters. The predicted octanol–water partition coefficient (Wildman–Crippen LogP) is 6.50. The summed E-state index contributed by atoms with van der Waals surface area (Å²) in [6, 6.07) is 35.2. The number of pyridine rings is 1. The van der Waals surface area contributed by atoms with Crippen LogP contribution in [0.3, 0.4) is 0 Å². The summed E-state index contributed by atoms with van der Waals surface area (Å²) in [4.78, 5) is 12.8. The molecular weight excluding hydrogens is 366 g/mol. The molecule has 1 N–H and O–H groups in total. The van der Waals surface area contributed by atoms with E-state index in [1.54, 1.807) is 0 Å². The summed E-state index contributed by atoms with van der Waals surface area (Å²) in [6.07, 6.45) is 2.66. The van der Waals surface area contributed by atoms with Crippen molar-refractivity contribution in [1.82, 2.24) is 4.98 Å². The lowest BCUT2D eigenvalue weighted by atomic mass is 10.1. The molecule has 0 bridgehead atoms. The van der Waals surface area contributed by atoms with Crippen LogP contribution in [0.15, 0.2) is 113 Å². The van der Waals surface area contributed by atoms with Crippen LogP contribution in [0.2, 0.25) is 0 Å². The first-order valence-corrected chi connectivity index (χ1v) is 10.1. The molecule has 0 atom stereocenters. The maximum atomic E-state index is 4.75. The molecule has 1 heterocycles. The third-order valence-electron chi connectivity index (χ3n) is 5.11. The van der Waals surface area contributed by atoms with Gasteiger partial charge in [-0.15, -0.1) is 0 Å². The lowest BCUT2D eigenvalue weighted by Crippen LogP contribution is -2.08. The zero-order valence-electron chi connectivity index (χ0n) is 16.5. The molecule has 5 rings (SSSR count). The average Bonchev–Trinajstić information content (AvgIpc) is 2.79. The molecule has 0 radical (unpaired) electrons. The Bertz CT molecular complexity index is 1430. The fourth-order valence-corrected chi connectivity index (χ4v) is 3.58. The van der Waals surface area contributed by atoms with Gasteiger partial charge in [-0.05, 0) is 57.9 Å². The van der Waals surface area contributed by atoms with Crippen molar-refractivity contribution in [2.24, 2.45) is 9.98 Å². The van der Waals surface area contributed by atoms with E-state index in [9.17, 15) is 0 Å². The Morgan fingerprint density at radius 3 is 1.97 bits per heavy atom. The van der Waals surface area contributed by atoms with E-state index in [0.29, 0.717) is 6.42 Å². The van der Waals surface area contributed by atoms with Gasteiger partial charge in [0.15, 0.2) is 0 Å². The summed E-state index contributed by atoms with van der Waals surface area (Å²) in [7, 11) is 0. The number of aliphatic imine (C=N–C) groups is 1. The number of benzene rings is 4. The standard InChI is InChI=1S/C27H21N3/c1-3-8-22-18-25(14-12-20(22)6-1)28-17-16-24-10-5-11-27(29-24)30-26-15-13-21-7-2-4-9-23(21)19-26/h1-15,17-19H,16H2,(H,29,30). The van der Waals surface area contributed by atoms with E-state index in [2.05, 4.69) is 82.8 Å². The molecule has 3 heteroatoms. The number of nitrogens with one attached hydrogen (secondary N) is 1. The van der Waals surface area contributed by atoms with Gasteiger partial charge in [0.05, 0.1) is 11.4 Å². The van der Waals surface area contributed by atoms with Crippen LogP contribution in [0.25, 0.3) is 21.5 Å². The maximum Gasteiger partial charge on any atom is 0.130 e. The van der Waals surface area contributed by atoms with Gasteiger partial charge in [0.2, 0.25) is 0 Å². The van der Waals surface area contributed by atoms with Crippen molar-refractivity contribution in [1.29, 1.82) is 0 Å². The highest BCUT2D eigenvalue weighted by atomic mass is 14.8. The van der Waals surface area contributed by atoms with Crippen LogP contribution in [0, 0.1) is 0 Å². The largest absolute Gasteiger partial charge is 0.343 e. The number of fused-ring (bicyclic) bond motifs is 2. The summed E-state index contributed by atoms with van der Waals surface area (Å²) in [6.45, 7) is 0. The SMILES string of the molecule is C(Cc1cccc(=Nc2ccc3ccccc3c2)[nH]1)=Nc1ccc2ccccc2c1. The molecule has 5 aromatic rings. The number of rotatable bonds is 4. The van der Waals surface area contributed by atoms with Gasteiger partial charge in [-0.3, -0.25) is 4.99 Å². The zero-order valence-corrected chi connectivity index (χ0v) is 16.5. The van der Waals surface area contributed by atoms with Crippen LogP contribution in [-0.2, 0) is 6.42 Å². The molecule has 3 nitrogen and oxygen atoms in total. The number of hydrogen-bond acceptors (Lipinski definition) is 2.